The van der Waals surface area contributed by atoms with E-state index in [1.165, 1.54) is 66.1 Å². The van der Waals surface area contributed by atoms with Gasteiger partial charge in [-0.1, -0.05) is 137 Å². The van der Waals surface area contributed by atoms with Crippen molar-refractivity contribution in [3.63, 3.8) is 0 Å². The molecule has 11 rings (SSSR count). The highest BCUT2D eigenvalue weighted by atomic mass is 15.2. The molecule has 0 amide bonds. The van der Waals surface area contributed by atoms with Gasteiger partial charge in [0, 0.05) is 32.6 Å². The molecule has 2 aliphatic rings. The summed E-state index contributed by atoms with van der Waals surface area (Å²) in [4.78, 5) is 10.8. The average molecular weight is 654 g/mol. The van der Waals surface area contributed by atoms with Crippen molar-refractivity contribution in [1.29, 1.82) is 0 Å². The Morgan fingerprint density at radius 1 is 0.451 bits per heavy atom. The van der Waals surface area contributed by atoms with Gasteiger partial charge in [0.15, 0.2) is 0 Å². The lowest BCUT2D eigenvalue weighted by Gasteiger charge is -2.35. The predicted octanol–water partition coefficient (Wildman–Crippen LogP) is 12.2. The van der Waals surface area contributed by atoms with Crippen molar-refractivity contribution >= 4 is 43.5 Å². The van der Waals surface area contributed by atoms with Gasteiger partial charge < -0.3 is 0 Å². The molecule has 0 saturated heterocycles. The van der Waals surface area contributed by atoms with Crippen LogP contribution in [0.2, 0.25) is 0 Å². The first-order valence-electron chi connectivity index (χ1n) is 17.9. The summed E-state index contributed by atoms with van der Waals surface area (Å²) in [5.74, 6) is 0.689. The van der Waals surface area contributed by atoms with E-state index in [0.29, 0.717) is 5.95 Å². The fourth-order valence-corrected chi connectivity index (χ4v) is 9.44. The topological polar surface area (TPSA) is 30.7 Å². The highest BCUT2D eigenvalue weighted by Gasteiger charge is 2.36. The summed E-state index contributed by atoms with van der Waals surface area (Å²) >= 11 is 0. The molecule has 0 aliphatic heterocycles. The summed E-state index contributed by atoms with van der Waals surface area (Å²) in [6, 6.07) is 51.2. The second-order valence-electron chi connectivity index (χ2n) is 15.4. The molecule has 9 aromatic rings. The molecule has 2 aliphatic carbocycles. The van der Waals surface area contributed by atoms with Crippen LogP contribution >= 0.6 is 0 Å². The van der Waals surface area contributed by atoms with Crippen LogP contribution in [0.5, 0.6) is 0 Å². The summed E-state index contributed by atoms with van der Waals surface area (Å²) in [5.41, 5.74) is 15.6. The third-order valence-corrected chi connectivity index (χ3v) is 12.0. The van der Waals surface area contributed by atoms with E-state index >= 15 is 0 Å². The lowest BCUT2D eigenvalue weighted by molar-refractivity contribution is 0.646. The minimum absolute atomic E-state index is 0.102. The van der Waals surface area contributed by atoms with E-state index in [4.69, 9.17) is 9.97 Å². The standard InChI is InChI=1S/C48H35N3/c1-47(2)37-19-8-5-15-30(37)31-24-23-29(25-39(31)47)45-34-17-6-9-21-41(34)49-46(50-45)51-42-22-10-7-16-32(42)36-26-35-33-18-11-13-28-14-12-20-38(44(28)33)48(3,4)40(35)27-43(36)51/h5-27H,1-4H3. The number of nitrogens with zero attached hydrogens (tertiary/aromatic N) is 3. The Bertz CT molecular complexity index is 2970. The second-order valence-corrected chi connectivity index (χ2v) is 15.4. The molecule has 3 heteroatoms. The second kappa shape index (κ2) is 9.80. The van der Waals surface area contributed by atoms with Crippen molar-refractivity contribution in [2.75, 3.05) is 0 Å². The monoisotopic (exact) mass is 653 g/mol. The van der Waals surface area contributed by atoms with Gasteiger partial charge in [-0.2, -0.15) is 0 Å². The minimum Gasteiger partial charge on any atom is -0.278 e. The number of aromatic nitrogens is 3. The maximum absolute atomic E-state index is 5.50. The molecule has 0 spiro atoms. The third kappa shape index (κ3) is 3.73. The molecule has 0 unspecified atom stereocenters. The highest BCUT2D eigenvalue weighted by Crippen LogP contribution is 2.52. The molecule has 0 radical (unpaired) electrons. The van der Waals surface area contributed by atoms with Crippen molar-refractivity contribution in [2.45, 2.75) is 38.5 Å². The number of para-hydroxylation sites is 2. The first-order valence-corrected chi connectivity index (χ1v) is 17.9. The molecule has 0 atom stereocenters. The Labute approximate surface area is 296 Å². The fourth-order valence-electron chi connectivity index (χ4n) is 9.44. The smallest absolute Gasteiger partial charge is 0.235 e. The number of fused-ring (bicyclic) bond motifs is 9. The molecular formula is C48H35N3. The summed E-state index contributed by atoms with van der Waals surface area (Å²) in [6.07, 6.45) is 0. The SMILES string of the molecule is CC1(C)c2ccccc2-c2ccc(-c3nc(-n4c5ccccc5c5cc6c(cc54)C(C)(C)c4cccc5cccc-6c45)nc4ccccc34)cc21. The van der Waals surface area contributed by atoms with Gasteiger partial charge in [-0.15, -0.1) is 0 Å². The van der Waals surface area contributed by atoms with Crippen molar-refractivity contribution in [3.8, 4) is 39.5 Å². The van der Waals surface area contributed by atoms with Gasteiger partial charge in [-0.05, 0) is 85.6 Å². The summed E-state index contributed by atoms with van der Waals surface area (Å²) in [7, 11) is 0. The van der Waals surface area contributed by atoms with Crippen LogP contribution in [-0.4, -0.2) is 14.5 Å². The lowest BCUT2D eigenvalue weighted by atomic mass is 9.68. The Morgan fingerprint density at radius 3 is 2.00 bits per heavy atom. The summed E-state index contributed by atoms with van der Waals surface area (Å²) < 4.78 is 2.30. The number of hydrogen-bond acceptors (Lipinski definition) is 2. The summed E-state index contributed by atoms with van der Waals surface area (Å²) in [6.45, 7) is 9.41. The maximum Gasteiger partial charge on any atom is 0.235 e. The summed E-state index contributed by atoms with van der Waals surface area (Å²) in [5, 5.41) is 6.13. The molecule has 0 saturated carbocycles. The van der Waals surface area contributed by atoms with Crippen LogP contribution in [0.1, 0.15) is 49.9 Å². The maximum atomic E-state index is 5.50. The predicted molar refractivity (Wildman–Crippen MR) is 212 cm³/mol. The molecule has 3 nitrogen and oxygen atoms in total. The first-order chi connectivity index (χ1) is 24.8. The van der Waals surface area contributed by atoms with Gasteiger partial charge >= 0.3 is 0 Å². The van der Waals surface area contributed by atoms with Crippen LogP contribution in [0.15, 0.2) is 140 Å². The third-order valence-electron chi connectivity index (χ3n) is 12.0. The Morgan fingerprint density at radius 2 is 1.12 bits per heavy atom. The Balaban J connectivity index is 1.19. The minimum atomic E-state index is -0.192. The van der Waals surface area contributed by atoms with Crippen LogP contribution in [0.25, 0.3) is 82.9 Å². The molecule has 242 valence electrons. The zero-order chi connectivity index (χ0) is 34.2. The van der Waals surface area contributed by atoms with Crippen LogP contribution in [-0.2, 0) is 10.8 Å². The Kier molecular flexibility index (Phi) is 5.52. The van der Waals surface area contributed by atoms with Crippen molar-refractivity contribution in [2.24, 2.45) is 0 Å². The van der Waals surface area contributed by atoms with Crippen molar-refractivity contribution in [3.05, 3.63) is 162 Å². The molecular weight excluding hydrogens is 619 g/mol. The van der Waals surface area contributed by atoms with Crippen LogP contribution in [0, 0.1) is 0 Å². The quantitative estimate of drug-likeness (QED) is 0.186. The molecule has 0 N–H and O–H groups in total. The largest absolute Gasteiger partial charge is 0.278 e. The van der Waals surface area contributed by atoms with E-state index < -0.39 is 0 Å². The van der Waals surface area contributed by atoms with E-state index in [1.54, 1.807) is 0 Å². The van der Waals surface area contributed by atoms with Crippen LogP contribution < -0.4 is 0 Å². The van der Waals surface area contributed by atoms with Gasteiger partial charge in [0.25, 0.3) is 0 Å². The van der Waals surface area contributed by atoms with E-state index in [9.17, 15) is 0 Å². The van der Waals surface area contributed by atoms with E-state index in [1.807, 2.05) is 0 Å². The van der Waals surface area contributed by atoms with E-state index in [2.05, 4.69) is 172 Å². The molecule has 7 aromatic carbocycles. The number of hydrogen-bond donors (Lipinski definition) is 0. The van der Waals surface area contributed by atoms with Gasteiger partial charge in [-0.25, -0.2) is 9.97 Å². The highest BCUT2D eigenvalue weighted by molar-refractivity contribution is 6.13. The number of rotatable bonds is 2. The molecule has 2 heterocycles. The Hall–Kier alpha value is -6.06. The van der Waals surface area contributed by atoms with Crippen molar-refractivity contribution in [1.82, 2.24) is 14.5 Å². The van der Waals surface area contributed by atoms with Crippen LogP contribution in [0.3, 0.4) is 0 Å². The zero-order valence-corrected chi connectivity index (χ0v) is 29.1. The molecule has 51 heavy (non-hydrogen) atoms. The van der Waals surface area contributed by atoms with Crippen molar-refractivity contribution < 1.29 is 0 Å². The lowest BCUT2D eigenvalue weighted by Crippen LogP contribution is -2.23. The molecule has 2 aromatic heterocycles. The number of benzene rings is 7. The molecule has 0 fully saturated rings. The fraction of sp³-hybridized carbons (Fsp3) is 0.125. The zero-order valence-electron chi connectivity index (χ0n) is 29.1. The van der Waals surface area contributed by atoms with Gasteiger partial charge in [0.05, 0.1) is 22.2 Å². The average Bonchev–Trinajstić information content (AvgIpc) is 3.60. The van der Waals surface area contributed by atoms with Gasteiger partial charge in [0.1, 0.15) is 0 Å². The van der Waals surface area contributed by atoms with Crippen LogP contribution in [0.4, 0.5) is 0 Å². The van der Waals surface area contributed by atoms with Gasteiger partial charge in [-0.3, -0.25) is 4.57 Å². The normalized spacial score (nSPS) is 15.0. The molecule has 0 bridgehead atoms. The van der Waals surface area contributed by atoms with E-state index in [0.717, 1.165) is 33.2 Å². The van der Waals surface area contributed by atoms with Gasteiger partial charge in [0.2, 0.25) is 5.95 Å². The van der Waals surface area contributed by atoms with E-state index in [-0.39, 0.29) is 10.8 Å². The first kappa shape index (κ1) is 28.7.